The van der Waals surface area contributed by atoms with Gasteiger partial charge in [-0.2, -0.15) is 0 Å². The maximum atomic E-state index is 14.5. The molecule has 1 aromatic carbocycles. The Balaban J connectivity index is 1.82. The Kier molecular flexibility index (Phi) is 8.96. The number of aliphatic hydroxyl groups is 1. The van der Waals surface area contributed by atoms with Gasteiger partial charge in [0.05, 0.1) is 29.2 Å². The number of nitrogens with zero attached hydrogens (tertiary/aromatic N) is 3. The van der Waals surface area contributed by atoms with E-state index in [0.29, 0.717) is 19.5 Å². The number of anilines is 1. The van der Waals surface area contributed by atoms with Gasteiger partial charge in [0.2, 0.25) is 17.7 Å². The van der Waals surface area contributed by atoms with E-state index in [1.54, 1.807) is 38.6 Å². The molecule has 212 valence electrons. The standard InChI is InChI=1S/C31H43N3O4S/c1-7-17-32(20(4)5)30(38)27-31-16-15-24(39-31)25(26(31)29(37)34(27)23(19-35)21(6)9-3)28(36)33(18-8-2)22-13-11-10-12-14-22/h7-8,10-14,20-21,23-27,35H,1-2,9,15-19H2,3-6H3/t21-,23-,24-,25+,26-,27?,31?/m0/s1. The van der Waals surface area contributed by atoms with Crippen molar-refractivity contribution in [3.05, 3.63) is 55.6 Å². The molecule has 3 heterocycles. The van der Waals surface area contributed by atoms with Crippen LogP contribution >= 0.6 is 11.8 Å². The number of likely N-dealkylation sites (tertiary alicyclic amines) is 1. The van der Waals surface area contributed by atoms with E-state index in [-0.39, 0.29) is 41.5 Å². The van der Waals surface area contributed by atoms with Crippen molar-refractivity contribution in [2.75, 3.05) is 24.6 Å². The summed E-state index contributed by atoms with van der Waals surface area (Å²) in [5, 5.41) is 10.5. The minimum Gasteiger partial charge on any atom is -0.394 e. The lowest BCUT2D eigenvalue weighted by atomic mass is 9.70. The highest BCUT2D eigenvalue weighted by molar-refractivity contribution is 8.02. The number of carbonyl (C=O) groups is 3. The third-order valence-corrected chi connectivity index (χ3v) is 10.9. The number of amides is 3. The third kappa shape index (κ3) is 4.84. The van der Waals surface area contributed by atoms with Crippen LogP contribution in [0.5, 0.6) is 0 Å². The summed E-state index contributed by atoms with van der Waals surface area (Å²) in [6.45, 7) is 16.2. The van der Waals surface area contributed by atoms with Gasteiger partial charge in [-0.05, 0) is 44.7 Å². The summed E-state index contributed by atoms with van der Waals surface area (Å²) < 4.78 is -0.703. The summed E-state index contributed by atoms with van der Waals surface area (Å²) >= 11 is 1.66. The first kappa shape index (κ1) is 29.4. The fraction of sp³-hybridized carbons (Fsp3) is 0.581. The van der Waals surface area contributed by atoms with Crippen LogP contribution in [0.15, 0.2) is 55.6 Å². The molecule has 3 aliphatic heterocycles. The Hall–Kier alpha value is -2.58. The number of hydrogen-bond acceptors (Lipinski definition) is 5. The topological polar surface area (TPSA) is 81.2 Å². The number of rotatable bonds is 12. The molecule has 4 rings (SSSR count). The van der Waals surface area contributed by atoms with Gasteiger partial charge in [-0.3, -0.25) is 14.4 Å². The summed E-state index contributed by atoms with van der Waals surface area (Å²) in [4.78, 5) is 48.4. The van der Waals surface area contributed by atoms with Gasteiger partial charge >= 0.3 is 0 Å². The molecule has 1 N–H and O–H groups in total. The first-order valence-electron chi connectivity index (χ1n) is 14.2. The lowest BCUT2D eigenvalue weighted by Crippen LogP contribution is -2.59. The molecule has 1 spiro atoms. The number of carbonyl (C=O) groups excluding carboxylic acids is 3. The predicted octanol–water partition coefficient (Wildman–Crippen LogP) is 4.13. The number of aliphatic hydroxyl groups excluding tert-OH is 1. The van der Waals surface area contributed by atoms with E-state index in [9.17, 15) is 19.5 Å². The summed E-state index contributed by atoms with van der Waals surface area (Å²) in [6.07, 6.45) is 5.64. The Bertz CT molecular complexity index is 1090. The molecule has 7 atom stereocenters. The first-order valence-corrected chi connectivity index (χ1v) is 15.1. The monoisotopic (exact) mass is 553 g/mol. The minimum absolute atomic E-state index is 0.00526. The molecule has 3 saturated heterocycles. The molecular weight excluding hydrogens is 510 g/mol. The van der Waals surface area contributed by atoms with E-state index in [2.05, 4.69) is 13.2 Å². The summed E-state index contributed by atoms with van der Waals surface area (Å²) in [6, 6.07) is 8.17. The number of para-hydroxylation sites is 1. The Morgan fingerprint density at radius 3 is 2.38 bits per heavy atom. The average molecular weight is 554 g/mol. The molecule has 0 saturated carbocycles. The van der Waals surface area contributed by atoms with E-state index in [1.807, 2.05) is 58.0 Å². The molecule has 0 aliphatic carbocycles. The van der Waals surface area contributed by atoms with Gasteiger partial charge < -0.3 is 19.8 Å². The molecule has 39 heavy (non-hydrogen) atoms. The smallest absolute Gasteiger partial charge is 0.247 e. The molecule has 2 bridgehead atoms. The molecular formula is C31H43N3O4S. The second-order valence-corrected chi connectivity index (χ2v) is 13.0. The van der Waals surface area contributed by atoms with Crippen molar-refractivity contribution in [3.8, 4) is 0 Å². The van der Waals surface area contributed by atoms with Crippen molar-refractivity contribution < 1.29 is 19.5 Å². The van der Waals surface area contributed by atoms with E-state index >= 15 is 0 Å². The molecule has 0 aromatic heterocycles. The zero-order valence-electron chi connectivity index (χ0n) is 23.7. The van der Waals surface area contributed by atoms with E-state index in [0.717, 1.165) is 18.5 Å². The molecule has 2 unspecified atom stereocenters. The van der Waals surface area contributed by atoms with Gasteiger partial charge in [0.1, 0.15) is 6.04 Å². The van der Waals surface area contributed by atoms with E-state index in [4.69, 9.17) is 0 Å². The average Bonchev–Trinajstić information content (AvgIpc) is 3.58. The minimum atomic E-state index is -0.735. The second kappa shape index (κ2) is 11.9. The maximum absolute atomic E-state index is 14.5. The van der Waals surface area contributed by atoms with E-state index in [1.165, 1.54) is 0 Å². The summed E-state index contributed by atoms with van der Waals surface area (Å²) in [7, 11) is 0. The van der Waals surface area contributed by atoms with E-state index < -0.39 is 28.7 Å². The van der Waals surface area contributed by atoms with Crippen LogP contribution in [0, 0.1) is 17.8 Å². The molecule has 8 heteroatoms. The Labute approximate surface area is 237 Å². The van der Waals surface area contributed by atoms with Crippen molar-refractivity contribution in [2.45, 2.75) is 75.1 Å². The lowest BCUT2D eigenvalue weighted by Gasteiger charge is -2.42. The third-order valence-electron chi connectivity index (χ3n) is 8.98. The Morgan fingerprint density at radius 1 is 1.15 bits per heavy atom. The lowest BCUT2D eigenvalue weighted by molar-refractivity contribution is -0.147. The molecule has 0 radical (unpaired) electrons. The van der Waals surface area contributed by atoms with Crippen LogP contribution in [-0.2, 0) is 14.4 Å². The van der Waals surface area contributed by atoms with Gasteiger partial charge in [0.25, 0.3) is 0 Å². The van der Waals surface area contributed by atoms with Crippen molar-refractivity contribution in [1.29, 1.82) is 0 Å². The van der Waals surface area contributed by atoms with Crippen molar-refractivity contribution in [1.82, 2.24) is 9.80 Å². The van der Waals surface area contributed by atoms with Gasteiger partial charge in [-0.15, -0.1) is 24.9 Å². The van der Waals surface area contributed by atoms with Crippen LogP contribution < -0.4 is 4.90 Å². The van der Waals surface area contributed by atoms with Crippen LogP contribution in [0.25, 0.3) is 0 Å². The second-order valence-electron chi connectivity index (χ2n) is 11.4. The summed E-state index contributed by atoms with van der Waals surface area (Å²) in [5.74, 6) is -1.55. The molecule has 3 aliphatic rings. The predicted molar refractivity (Wildman–Crippen MR) is 157 cm³/mol. The Morgan fingerprint density at radius 2 is 1.82 bits per heavy atom. The first-order chi connectivity index (χ1) is 18.7. The zero-order valence-corrected chi connectivity index (χ0v) is 24.5. The maximum Gasteiger partial charge on any atom is 0.247 e. The van der Waals surface area contributed by atoms with Gasteiger partial charge in [-0.25, -0.2) is 0 Å². The molecule has 7 nitrogen and oxygen atoms in total. The normalized spacial score (nSPS) is 28.8. The number of fused-ring (bicyclic) bond motifs is 1. The van der Waals surface area contributed by atoms with Crippen LogP contribution in [0.2, 0.25) is 0 Å². The van der Waals surface area contributed by atoms with Crippen molar-refractivity contribution >= 4 is 35.2 Å². The van der Waals surface area contributed by atoms with Gasteiger partial charge in [-0.1, -0.05) is 50.6 Å². The van der Waals surface area contributed by atoms with Gasteiger partial charge in [0.15, 0.2) is 0 Å². The van der Waals surface area contributed by atoms with Crippen molar-refractivity contribution in [2.24, 2.45) is 17.8 Å². The van der Waals surface area contributed by atoms with Crippen LogP contribution in [0.1, 0.15) is 47.0 Å². The van der Waals surface area contributed by atoms with Crippen LogP contribution in [0.4, 0.5) is 5.69 Å². The fourth-order valence-electron chi connectivity index (χ4n) is 6.91. The SMILES string of the molecule is C=CCN(C(=O)[C@@H]1[C@@H]2CCC3(S2)C(C(=O)N(CC=C)C(C)C)N([C@@H](CO)[C@@H](C)CC)C(=O)[C@H]13)c1ccccc1. The highest BCUT2D eigenvalue weighted by atomic mass is 32.2. The molecule has 3 amide bonds. The quantitative estimate of drug-likeness (QED) is 0.394. The number of benzene rings is 1. The fourth-order valence-corrected chi connectivity index (χ4v) is 9.11. The molecule has 1 aromatic rings. The van der Waals surface area contributed by atoms with Crippen LogP contribution in [-0.4, -0.2) is 80.4 Å². The van der Waals surface area contributed by atoms with Gasteiger partial charge in [0, 0.05) is 30.1 Å². The summed E-state index contributed by atoms with van der Waals surface area (Å²) in [5.41, 5.74) is 0.768. The molecule has 3 fully saturated rings. The van der Waals surface area contributed by atoms with Crippen molar-refractivity contribution in [3.63, 3.8) is 0 Å². The van der Waals surface area contributed by atoms with Crippen LogP contribution in [0.3, 0.4) is 0 Å². The highest BCUT2D eigenvalue weighted by Gasteiger charge is 2.74. The highest BCUT2D eigenvalue weighted by Crippen LogP contribution is 2.67. The number of hydrogen-bond donors (Lipinski definition) is 1. The number of thioether (sulfide) groups is 1. The largest absolute Gasteiger partial charge is 0.394 e. The zero-order chi connectivity index (χ0) is 28.5.